The maximum atomic E-state index is 5.27. The van der Waals surface area contributed by atoms with Gasteiger partial charge in [-0.25, -0.2) is 0 Å². The number of nitrogens with two attached hydrogens (primary N) is 1. The molecule has 0 aliphatic carbocycles. The predicted molar refractivity (Wildman–Crippen MR) is 53.9 cm³/mol. The first-order valence-electron chi connectivity index (χ1n) is 4.70. The summed E-state index contributed by atoms with van der Waals surface area (Å²) in [5.74, 6) is 0. The van der Waals surface area contributed by atoms with Gasteiger partial charge in [0.15, 0.2) is 0 Å². The van der Waals surface area contributed by atoms with Crippen molar-refractivity contribution in [2.45, 2.75) is 33.6 Å². The molecule has 0 saturated carbocycles. The molecule has 2 nitrogen and oxygen atoms in total. The minimum atomic E-state index is 0.900. The Hall–Kier alpha value is -1.18. The second kappa shape index (κ2) is 4.17. The molecular weight excluding hydrogens is 160 g/mol. The monoisotopic (exact) mass is 177 g/mol. The fraction of sp³-hybridized carbons (Fsp3) is 0.455. The molecule has 0 heterocycles. The Morgan fingerprint density at radius 3 is 2.46 bits per heavy atom. The maximum absolute atomic E-state index is 5.27. The molecule has 1 aromatic carbocycles. The highest BCUT2D eigenvalue weighted by Gasteiger charge is 2.04. The molecule has 0 fully saturated rings. The average Bonchev–Trinajstić information content (AvgIpc) is 2.11. The lowest BCUT2D eigenvalue weighted by Gasteiger charge is -2.06. The lowest BCUT2D eigenvalue weighted by Crippen LogP contribution is -2.22. The highest BCUT2D eigenvalue weighted by atomic mass is 15.0. The second-order valence-corrected chi connectivity index (χ2v) is 3.44. The summed E-state index contributed by atoms with van der Waals surface area (Å²) >= 11 is 0. The minimum Gasteiger partial charge on any atom is -0.152 e. The highest BCUT2D eigenvalue weighted by Crippen LogP contribution is 2.22. The fourth-order valence-electron chi connectivity index (χ4n) is 1.54. The van der Waals surface area contributed by atoms with Crippen LogP contribution in [0, 0.1) is 13.8 Å². The van der Waals surface area contributed by atoms with E-state index in [4.69, 9.17) is 5.53 Å². The van der Waals surface area contributed by atoms with Crippen molar-refractivity contribution in [3.63, 3.8) is 0 Å². The van der Waals surface area contributed by atoms with E-state index < -0.39 is 0 Å². The van der Waals surface area contributed by atoms with E-state index in [1.165, 1.54) is 17.5 Å². The summed E-state index contributed by atoms with van der Waals surface area (Å²) in [5, 5.41) is 3.73. The molecule has 0 radical (unpaired) electrons. The number of aryl methyl sites for hydroxylation is 3. The summed E-state index contributed by atoms with van der Waals surface area (Å²) in [4.78, 5) is 0. The van der Waals surface area contributed by atoms with Crippen molar-refractivity contribution in [2.24, 2.45) is 5.11 Å². The zero-order chi connectivity index (χ0) is 9.84. The third-order valence-electron chi connectivity index (χ3n) is 2.31. The summed E-state index contributed by atoms with van der Waals surface area (Å²) in [7, 11) is 0. The molecule has 0 aliphatic rings. The third kappa shape index (κ3) is 2.14. The molecule has 70 valence electrons. The average molecular weight is 177 g/mol. The van der Waals surface area contributed by atoms with E-state index in [0.29, 0.717) is 0 Å². The van der Waals surface area contributed by atoms with E-state index in [9.17, 15) is 0 Å². The Labute approximate surface area is 79.5 Å². The molecule has 0 amide bonds. The highest BCUT2D eigenvalue weighted by molar-refractivity contribution is 5.49. The van der Waals surface area contributed by atoms with Crippen LogP contribution in [0.25, 0.3) is 0 Å². The van der Waals surface area contributed by atoms with Crippen molar-refractivity contribution in [2.75, 3.05) is 0 Å². The summed E-state index contributed by atoms with van der Waals surface area (Å²) in [6.07, 6.45) is 2.32. The van der Waals surface area contributed by atoms with Gasteiger partial charge in [0.25, 0.3) is 0 Å². The molecule has 0 spiro atoms. The van der Waals surface area contributed by atoms with Crippen LogP contribution in [0.1, 0.15) is 30.0 Å². The molecule has 2 heteroatoms. The molecular formula is C11H17N2+. The first-order valence-corrected chi connectivity index (χ1v) is 4.70. The van der Waals surface area contributed by atoms with Crippen molar-refractivity contribution in [1.82, 2.24) is 0 Å². The largest absolute Gasteiger partial charge is 0.152 e. The summed E-state index contributed by atoms with van der Waals surface area (Å²) in [5.41, 5.74) is 10.0. The number of rotatable bonds is 3. The van der Waals surface area contributed by atoms with Crippen LogP contribution in [0.2, 0.25) is 0 Å². The fourth-order valence-corrected chi connectivity index (χ4v) is 1.54. The van der Waals surface area contributed by atoms with Crippen LogP contribution < -0.4 is 5.53 Å². The molecule has 0 aliphatic heterocycles. The Bertz CT molecular complexity index is 316. The Balaban J connectivity index is 3.12. The summed E-state index contributed by atoms with van der Waals surface area (Å²) < 4.78 is 0. The molecule has 1 rings (SSSR count). The van der Waals surface area contributed by atoms with E-state index in [0.717, 1.165) is 17.7 Å². The van der Waals surface area contributed by atoms with Crippen LogP contribution >= 0.6 is 0 Å². The molecule has 0 unspecified atom stereocenters. The van der Waals surface area contributed by atoms with Gasteiger partial charge in [-0.3, -0.25) is 0 Å². The number of hydrogen-bond donors (Lipinski definition) is 1. The van der Waals surface area contributed by atoms with Gasteiger partial charge < -0.3 is 0 Å². The van der Waals surface area contributed by atoms with Gasteiger partial charge in [-0.1, -0.05) is 19.4 Å². The van der Waals surface area contributed by atoms with Crippen LogP contribution in [-0.4, -0.2) is 0 Å². The van der Waals surface area contributed by atoms with Gasteiger partial charge in [-0.2, -0.15) is 5.53 Å². The molecule has 0 atom stereocenters. The third-order valence-corrected chi connectivity index (χ3v) is 2.31. The lowest BCUT2D eigenvalue weighted by molar-refractivity contribution is -0.210. The van der Waals surface area contributed by atoms with Gasteiger partial charge in [-0.05, 0) is 48.1 Å². The summed E-state index contributed by atoms with van der Waals surface area (Å²) in [6, 6.07) is 4.24. The number of hydrogen-bond acceptors (Lipinski definition) is 1. The number of nitrogens with zero attached hydrogens (tertiary/aromatic N) is 1. The van der Waals surface area contributed by atoms with Crippen LogP contribution in [0.4, 0.5) is 5.69 Å². The van der Waals surface area contributed by atoms with Crippen LogP contribution in [0.3, 0.4) is 0 Å². The first-order chi connectivity index (χ1) is 6.19. The van der Waals surface area contributed by atoms with Gasteiger partial charge in [0.2, 0.25) is 0 Å². The number of benzene rings is 1. The Morgan fingerprint density at radius 2 is 1.92 bits per heavy atom. The smallest absolute Gasteiger partial charge is 0.133 e. The van der Waals surface area contributed by atoms with Gasteiger partial charge >= 0.3 is 0 Å². The van der Waals surface area contributed by atoms with E-state index in [1.807, 2.05) is 6.92 Å². The zero-order valence-corrected chi connectivity index (χ0v) is 8.59. The minimum absolute atomic E-state index is 0.900. The standard InChI is InChI=1S/C11H16N2/c1-4-5-10-6-9(3)11(13-12)7-8(10)2/h6-7,12H,4-5H2,1-3H3/p+1. The van der Waals surface area contributed by atoms with Gasteiger partial charge in [0.1, 0.15) is 5.69 Å². The van der Waals surface area contributed by atoms with Gasteiger partial charge in [-0.15, -0.1) is 0 Å². The van der Waals surface area contributed by atoms with Crippen LogP contribution in [-0.2, 0) is 6.42 Å². The van der Waals surface area contributed by atoms with Gasteiger partial charge in [0.05, 0.1) is 0 Å². The van der Waals surface area contributed by atoms with Gasteiger partial charge in [0, 0.05) is 0 Å². The van der Waals surface area contributed by atoms with Crippen molar-refractivity contribution < 1.29 is 5.53 Å². The Morgan fingerprint density at radius 1 is 1.23 bits per heavy atom. The van der Waals surface area contributed by atoms with E-state index in [-0.39, 0.29) is 0 Å². The van der Waals surface area contributed by atoms with E-state index >= 15 is 0 Å². The topological polar surface area (TPSA) is 38.0 Å². The quantitative estimate of drug-likeness (QED) is 0.687. The van der Waals surface area contributed by atoms with E-state index in [1.54, 1.807) is 0 Å². The molecule has 0 saturated heterocycles. The van der Waals surface area contributed by atoms with Crippen molar-refractivity contribution in [1.29, 1.82) is 0 Å². The molecule has 0 bridgehead atoms. The van der Waals surface area contributed by atoms with Crippen LogP contribution in [0.15, 0.2) is 17.2 Å². The Kier molecular flexibility index (Phi) is 3.18. The lowest BCUT2D eigenvalue weighted by atomic mass is 10.0. The van der Waals surface area contributed by atoms with Crippen molar-refractivity contribution >= 4 is 5.69 Å². The van der Waals surface area contributed by atoms with Crippen LogP contribution in [0.5, 0.6) is 0 Å². The van der Waals surface area contributed by atoms with Crippen molar-refractivity contribution in [3.8, 4) is 0 Å². The SMILES string of the molecule is CCCc1cc(C)c(N=[NH2+])cc1C. The molecule has 2 N–H and O–H groups in total. The molecule has 0 aromatic heterocycles. The van der Waals surface area contributed by atoms with E-state index in [2.05, 4.69) is 31.1 Å². The zero-order valence-electron chi connectivity index (χ0n) is 8.59. The first kappa shape index (κ1) is 9.90. The molecule has 1 aromatic rings. The predicted octanol–water partition coefficient (Wildman–Crippen LogP) is 2.10. The maximum Gasteiger partial charge on any atom is 0.133 e. The normalized spacial score (nSPS) is 10.1. The molecule has 13 heavy (non-hydrogen) atoms. The second-order valence-electron chi connectivity index (χ2n) is 3.44. The summed E-state index contributed by atoms with van der Waals surface area (Å²) in [6.45, 7) is 6.35. The van der Waals surface area contributed by atoms with Crippen molar-refractivity contribution in [3.05, 3.63) is 28.8 Å².